The van der Waals surface area contributed by atoms with Crippen LogP contribution in [-0.4, -0.2) is 5.91 Å². The van der Waals surface area contributed by atoms with Crippen LogP contribution in [-0.2, 0) is 0 Å². The highest BCUT2D eigenvalue weighted by Gasteiger charge is 2.02. The van der Waals surface area contributed by atoms with E-state index >= 15 is 0 Å². The predicted octanol–water partition coefficient (Wildman–Crippen LogP) is 2.28. The minimum atomic E-state index is -0.495. The first-order chi connectivity index (χ1) is 4.72. The molecule has 5 heteroatoms. The molecule has 1 aromatic rings. The molecule has 0 bridgehead atoms. The van der Waals surface area contributed by atoms with Gasteiger partial charge in [0, 0.05) is 0 Å². The quantitative estimate of drug-likeness (QED) is 0.787. The average molecular weight is 229 g/mol. The lowest BCUT2D eigenvalue weighted by atomic mass is 10.2. The zero-order valence-corrected chi connectivity index (χ0v) is 8.38. The van der Waals surface area contributed by atoms with Crippen molar-refractivity contribution in [3.8, 4) is 0 Å². The molecule has 0 aromatic heterocycles. The van der Waals surface area contributed by atoms with Gasteiger partial charge in [0.25, 0.3) is 0 Å². The Morgan fingerprint density at radius 2 is 1.75 bits per heavy atom. The second-order valence-corrected chi connectivity index (χ2v) is 2.25. The number of nitrogens with two attached hydrogens (primary N) is 1. The molecule has 0 atom stereocenters. The van der Waals surface area contributed by atoms with Gasteiger partial charge in [-0.3, -0.25) is 4.79 Å². The summed E-state index contributed by atoms with van der Waals surface area (Å²) in [6, 6.07) is 6.67. The number of halogens is 3. The van der Waals surface area contributed by atoms with Crippen LogP contribution < -0.4 is 5.73 Å². The third kappa shape index (κ3) is 3.30. The Hall–Kier alpha value is -0.440. The second kappa shape index (κ2) is 6.12. The number of amides is 1. The first kappa shape index (κ1) is 14.1. The van der Waals surface area contributed by atoms with E-state index in [0.29, 0.717) is 10.6 Å². The maximum atomic E-state index is 10.6. The number of hydrogen-bond acceptors (Lipinski definition) is 1. The van der Waals surface area contributed by atoms with E-state index in [-0.39, 0.29) is 24.8 Å². The van der Waals surface area contributed by atoms with Crippen molar-refractivity contribution in [2.24, 2.45) is 5.73 Å². The Bertz CT molecular complexity index is 265. The van der Waals surface area contributed by atoms with E-state index in [2.05, 4.69) is 0 Å². The molecule has 0 aliphatic heterocycles. The van der Waals surface area contributed by atoms with Crippen molar-refractivity contribution in [3.63, 3.8) is 0 Å². The number of carbonyl (C=O) groups is 1. The van der Waals surface area contributed by atoms with Crippen molar-refractivity contribution in [1.29, 1.82) is 0 Å². The fourth-order valence-electron chi connectivity index (χ4n) is 0.661. The average Bonchev–Trinajstić information content (AvgIpc) is 1.88. The lowest BCUT2D eigenvalue weighted by Crippen LogP contribution is -2.10. The smallest absolute Gasteiger partial charge is 0.250 e. The summed E-state index contributed by atoms with van der Waals surface area (Å²) in [6.45, 7) is 0. The van der Waals surface area contributed by atoms with Crippen molar-refractivity contribution in [3.05, 3.63) is 34.9 Å². The second-order valence-electron chi connectivity index (χ2n) is 1.84. The monoisotopic (exact) mass is 227 g/mol. The molecule has 0 spiro atoms. The van der Waals surface area contributed by atoms with Crippen molar-refractivity contribution in [2.45, 2.75) is 0 Å². The van der Waals surface area contributed by atoms with E-state index in [9.17, 15) is 4.79 Å². The topological polar surface area (TPSA) is 43.1 Å². The van der Waals surface area contributed by atoms with Gasteiger partial charge in [-0.25, -0.2) is 0 Å². The third-order valence-corrected chi connectivity index (χ3v) is 1.47. The molecule has 68 valence electrons. The normalized spacial score (nSPS) is 7.75. The molecule has 0 aliphatic rings. The van der Waals surface area contributed by atoms with Crippen LogP contribution in [0.15, 0.2) is 24.3 Å². The molecule has 0 radical (unpaired) electrons. The Balaban J connectivity index is 0. The van der Waals surface area contributed by atoms with E-state index in [0.717, 1.165) is 0 Å². The maximum Gasteiger partial charge on any atom is 0.250 e. The fraction of sp³-hybridized carbons (Fsp3) is 0. The summed E-state index contributed by atoms with van der Waals surface area (Å²) >= 11 is 5.62. The lowest BCUT2D eigenvalue weighted by Gasteiger charge is -1.95. The third-order valence-electron chi connectivity index (χ3n) is 1.14. The molecule has 0 unspecified atom stereocenters. The van der Waals surface area contributed by atoms with E-state index in [1.165, 1.54) is 0 Å². The van der Waals surface area contributed by atoms with Crippen LogP contribution >= 0.6 is 36.4 Å². The van der Waals surface area contributed by atoms with E-state index in [1.54, 1.807) is 24.3 Å². The minimum absolute atomic E-state index is 0. The molecule has 0 saturated carbocycles. The molecule has 0 fully saturated rings. The fourth-order valence-corrected chi connectivity index (χ4v) is 0.890. The van der Waals surface area contributed by atoms with Gasteiger partial charge >= 0.3 is 0 Å². The van der Waals surface area contributed by atoms with Crippen LogP contribution in [0, 0.1) is 0 Å². The van der Waals surface area contributed by atoms with Crippen molar-refractivity contribution < 1.29 is 4.79 Å². The number of hydrogen-bond donors (Lipinski definition) is 1. The molecule has 1 rings (SSSR count). The number of rotatable bonds is 1. The number of carbonyl (C=O) groups excluding carboxylic acids is 1. The molecule has 12 heavy (non-hydrogen) atoms. The van der Waals surface area contributed by atoms with Gasteiger partial charge in [-0.05, 0) is 12.1 Å². The zero-order valence-electron chi connectivity index (χ0n) is 5.99. The molecule has 0 saturated heterocycles. The molecule has 0 heterocycles. The van der Waals surface area contributed by atoms with Crippen LogP contribution in [0.4, 0.5) is 0 Å². The zero-order chi connectivity index (χ0) is 7.56. The van der Waals surface area contributed by atoms with Gasteiger partial charge in [-0.2, -0.15) is 0 Å². The summed E-state index contributed by atoms with van der Waals surface area (Å²) in [7, 11) is 0. The molecular formula is C7H8Cl3NO. The van der Waals surface area contributed by atoms with Gasteiger partial charge in [0.15, 0.2) is 0 Å². The van der Waals surface area contributed by atoms with Crippen molar-refractivity contribution >= 4 is 42.3 Å². The molecule has 0 aliphatic carbocycles. The highest BCUT2D eigenvalue weighted by Crippen LogP contribution is 2.13. The van der Waals surface area contributed by atoms with Crippen LogP contribution in [0.2, 0.25) is 5.02 Å². The molecule has 2 nitrogen and oxygen atoms in total. The summed E-state index contributed by atoms with van der Waals surface area (Å²) < 4.78 is 0. The maximum absolute atomic E-state index is 10.6. The summed E-state index contributed by atoms with van der Waals surface area (Å²) in [4.78, 5) is 10.6. The van der Waals surface area contributed by atoms with Gasteiger partial charge in [0.2, 0.25) is 5.91 Å². The molecule has 1 aromatic carbocycles. The lowest BCUT2D eigenvalue weighted by molar-refractivity contribution is 0.100. The SMILES string of the molecule is Cl.Cl.NC(=O)c1ccccc1Cl. The minimum Gasteiger partial charge on any atom is -0.366 e. The van der Waals surface area contributed by atoms with Crippen LogP contribution in [0.3, 0.4) is 0 Å². The van der Waals surface area contributed by atoms with Gasteiger partial charge in [0.1, 0.15) is 0 Å². The summed E-state index contributed by atoms with van der Waals surface area (Å²) in [5.74, 6) is -0.495. The highest BCUT2D eigenvalue weighted by molar-refractivity contribution is 6.33. The Morgan fingerprint density at radius 3 is 2.08 bits per heavy atom. The number of primary amides is 1. The summed E-state index contributed by atoms with van der Waals surface area (Å²) in [5.41, 5.74) is 5.36. The van der Waals surface area contributed by atoms with Gasteiger partial charge in [-0.15, -0.1) is 24.8 Å². The van der Waals surface area contributed by atoms with Gasteiger partial charge in [-0.1, -0.05) is 23.7 Å². The molecular weight excluding hydrogens is 220 g/mol. The van der Waals surface area contributed by atoms with Crippen molar-refractivity contribution in [2.75, 3.05) is 0 Å². The van der Waals surface area contributed by atoms with E-state index in [4.69, 9.17) is 17.3 Å². The summed E-state index contributed by atoms with van der Waals surface area (Å²) in [6.07, 6.45) is 0. The standard InChI is InChI=1S/C7H6ClNO.2ClH/c8-6-4-2-1-3-5(6)7(9)10;;/h1-4H,(H2,9,10);2*1H. The van der Waals surface area contributed by atoms with E-state index in [1.807, 2.05) is 0 Å². The van der Waals surface area contributed by atoms with Crippen LogP contribution in [0.5, 0.6) is 0 Å². The van der Waals surface area contributed by atoms with E-state index < -0.39 is 5.91 Å². The molecule has 2 N–H and O–H groups in total. The first-order valence-corrected chi connectivity index (χ1v) is 3.14. The van der Waals surface area contributed by atoms with Crippen LogP contribution in [0.25, 0.3) is 0 Å². The van der Waals surface area contributed by atoms with Gasteiger partial charge in [0.05, 0.1) is 10.6 Å². The summed E-state index contributed by atoms with van der Waals surface area (Å²) in [5, 5.41) is 0.398. The Morgan fingerprint density at radius 1 is 1.25 bits per heavy atom. The van der Waals surface area contributed by atoms with Gasteiger partial charge < -0.3 is 5.73 Å². The Kier molecular flexibility index (Phi) is 7.19. The van der Waals surface area contributed by atoms with Crippen LogP contribution in [0.1, 0.15) is 10.4 Å². The Labute approximate surface area is 87.9 Å². The van der Waals surface area contributed by atoms with Crippen molar-refractivity contribution in [1.82, 2.24) is 0 Å². The first-order valence-electron chi connectivity index (χ1n) is 2.76. The highest BCUT2D eigenvalue weighted by atomic mass is 35.5. The number of benzene rings is 1. The molecule has 1 amide bonds. The predicted molar refractivity (Wildman–Crippen MR) is 54.5 cm³/mol. The largest absolute Gasteiger partial charge is 0.366 e.